The molecule has 4 aromatic heterocycles. The summed E-state index contributed by atoms with van der Waals surface area (Å²) in [5.74, 6) is 0.722. The fraction of sp³-hybridized carbons (Fsp3) is 0. The van der Waals surface area contributed by atoms with Crippen molar-refractivity contribution < 1.29 is 0 Å². The summed E-state index contributed by atoms with van der Waals surface area (Å²) in [6.07, 6.45) is 0. The Bertz CT molecular complexity index is 2340. The van der Waals surface area contributed by atoms with Crippen LogP contribution in [0.4, 0.5) is 0 Å². The van der Waals surface area contributed by atoms with E-state index in [1.807, 2.05) is 23.5 Å². The van der Waals surface area contributed by atoms with Crippen LogP contribution in [0.1, 0.15) is 0 Å². The van der Waals surface area contributed by atoms with Gasteiger partial charge in [-0.2, -0.15) is 0 Å². The van der Waals surface area contributed by atoms with Crippen molar-refractivity contribution in [2.45, 2.75) is 0 Å². The fourth-order valence-corrected chi connectivity index (χ4v) is 7.22. The first-order chi connectivity index (χ1) is 20.8. The smallest absolute Gasteiger partial charge is 0.160 e. The molecule has 0 aliphatic carbocycles. The van der Waals surface area contributed by atoms with Crippen LogP contribution in [-0.2, 0) is 0 Å². The molecule has 0 radical (unpaired) electrons. The molecule has 0 aliphatic rings. The number of nitrogens with zero attached hydrogens (tertiary/aromatic N) is 3. The predicted molar refractivity (Wildman–Crippen MR) is 176 cm³/mol. The largest absolute Gasteiger partial charge is 0.300 e. The topological polar surface area (TPSA) is 30.2 Å². The van der Waals surface area contributed by atoms with Gasteiger partial charge >= 0.3 is 0 Å². The van der Waals surface area contributed by atoms with Crippen LogP contribution in [0, 0.1) is 0 Å². The first kappa shape index (κ1) is 23.4. The summed E-state index contributed by atoms with van der Waals surface area (Å²) in [5.41, 5.74) is 9.90. The molecule has 5 aromatic carbocycles. The number of fused-ring (bicyclic) bond motifs is 6. The molecule has 9 rings (SSSR count). The highest BCUT2D eigenvalue weighted by Gasteiger charge is 2.19. The molecule has 4 heterocycles. The summed E-state index contributed by atoms with van der Waals surface area (Å²) in [7, 11) is 0. The molecular formula is C38H23N3S. The number of hydrogen-bond acceptors (Lipinski definition) is 3. The molecule has 9 aromatic rings. The third-order valence-electron chi connectivity index (χ3n) is 8.23. The minimum absolute atomic E-state index is 0.722. The molecule has 196 valence electrons. The van der Waals surface area contributed by atoms with Gasteiger partial charge in [0, 0.05) is 38.2 Å². The van der Waals surface area contributed by atoms with Crippen LogP contribution in [0.15, 0.2) is 139 Å². The average molecular weight is 554 g/mol. The Labute approximate surface area is 246 Å². The highest BCUT2D eigenvalue weighted by Crippen LogP contribution is 2.43. The van der Waals surface area contributed by atoms with Crippen LogP contribution in [0.5, 0.6) is 0 Å². The lowest BCUT2D eigenvalue weighted by Gasteiger charge is -2.11. The van der Waals surface area contributed by atoms with Crippen molar-refractivity contribution in [3.63, 3.8) is 0 Å². The van der Waals surface area contributed by atoms with Gasteiger partial charge in [-0.1, -0.05) is 97.1 Å². The summed E-state index contributed by atoms with van der Waals surface area (Å²) in [6.45, 7) is 0. The van der Waals surface area contributed by atoms with Gasteiger partial charge in [-0.3, -0.25) is 4.40 Å². The lowest BCUT2D eigenvalue weighted by Crippen LogP contribution is -1.96. The molecule has 3 nitrogen and oxygen atoms in total. The molecule has 0 unspecified atom stereocenters. The van der Waals surface area contributed by atoms with Crippen molar-refractivity contribution in [1.29, 1.82) is 0 Å². The van der Waals surface area contributed by atoms with Crippen LogP contribution < -0.4 is 0 Å². The van der Waals surface area contributed by atoms with E-state index in [9.17, 15) is 0 Å². The zero-order chi connectivity index (χ0) is 27.6. The molecule has 0 fully saturated rings. The van der Waals surface area contributed by atoms with Gasteiger partial charge in [-0.15, -0.1) is 11.3 Å². The maximum Gasteiger partial charge on any atom is 0.160 e. The second-order valence-electron chi connectivity index (χ2n) is 10.7. The maximum atomic E-state index is 5.07. The first-order valence-electron chi connectivity index (χ1n) is 14.1. The SMILES string of the molecule is c1ccc(-c2cc(-c3ccccc3)nc(-c3cccc(-c4cc5c6ccccc6n6c7sccc7c(c4)c56)c3)n2)cc1. The van der Waals surface area contributed by atoms with E-state index in [4.69, 9.17) is 9.97 Å². The summed E-state index contributed by atoms with van der Waals surface area (Å²) >= 11 is 1.81. The summed E-state index contributed by atoms with van der Waals surface area (Å²) in [4.78, 5) is 11.4. The van der Waals surface area contributed by atoms with Crippen LogP contribution in [-0.4, -0.2) is 14.4 Å². The van der Waals surface area contributed by atoms with E-state index < -0.39 is 0 Å². The summed E-state index contributed by atoms with van der Waals surface area (Å²) < 4.78 is 2.44. The van der Waals surface area contributed by atoms with Gasteiger partial charge in [0.15, 0.2) is 5.82 Å². The molecule has 0 aliphatic heterocycles. The van der Waals surface area contributed by atoms with Gasteiger partial charge in [0.05, 0.1) is 22.4 Å². The summed E-state index contributed by atoms with van der Waals surface area (Å²) in [6, 6.07) is 47.1. The molecule has 0 atom stereocenters. The van der Waals surface area contributed by atoms with Crippen molar-refractivity contribution >= 4 is 48.7 Å². The Morgan fingerprint density at radius 2 is 1.07 bits per heavy atom. The van der Waals surface area contributed by atoms with Gasteiger partial charge in [0.1, 0.15) is 4.83 Å². The molecule has 0 N–H and O–H groups in total. The summed E-state index contributed by atoms with van der Waals surface area (Å²) in [5, 5.41) is 7.39. The van der Waals surface area contributed by atoms with E-state index >= 15 is 0 Å². The molecule has 0 bridgehead atoms. The van der Waals surface area contributed by atoms with Gasteiger partial charge in [0.2, 0.25) is 0 Å². The Morgan fingerprint density at radius 3 is 1.81 bits per heavy atom. The molecular weight excluding hydrogens is 531 g/mol. The van der Waals surface area contributed by atoms with Crippen LogP contribution >= 0.6 is 11.3 Å². The maximum absolute atomic E-state index is 5.07. The third kappa shape index (κ3) is 3.52. The van der Waals surface area contributed by atoms with Gasteiger partial charge in [-0.05, 0) is 52.9 Å². The van der Waals surface area contributed by atoms with Crippen molar-refractivity contribution in [1.82, 2.24) is 14.4 Å². The molecule has 0 saturated carbocycles. The van der Waals surface area contributed by atoms with Crippen molar-refractivity contribution in [3.05, 3.63) is 139 Å². The van der Waals surface area contributed by atoms with E-state index in [1.165, 1.54) is 43.0 Å². The number of aromatic nitrogens is 3. The molecule has 42 heavy (non-hydrogen) atoms. The molecule has 0 spiro atoms. The predicted octanol–water partition coefficient (Wildman–Crippen LogP) is 10.4. The van der Waals surface area contributed by atoms with Crippen molar-refractivity contribution in [2.24, 2.45) is 0 Å². The van der Waals surface area contributed by atoms with Crippen LogP contribution in [0.2, 0.25) is 0 Å². The monoisotopic (exact) mass is 553 g/mol. The second kappa shape index (κ2) is 9.10. The molecule has 0 amide bonds. The standard InChI is InChI=1S/C38H23N3S/c1-3-10-24(11-4-1)33-23-34(25-12-5-2-6-13-25)40-37(39-33)27-15-9-14-26(20-27)28-21-31-29-16-7-8-17-35(29)41-36(31)32(22-28)30-18-19-42-38(30)41/h1-23H. The third-order valence-corrected chi connectivity index (χ3v) is 9.12. The quantitative estimate of drug-likeness (QED) is 0.217. The van der Waals surface area contributed by atoms with E-state index in [2.05, 4.69) is 131 Å². The van der Waals surface area contributed by atoms with Crippen molar-refractivity contribution in [2.75, 3.05) is 0 Å². The minimum Gasteiger partial charge on any atom is -0.300 e. The number of rotatable bonds is 4. The highest BCUT2D eigenvalue weighted by atomic mass is 32.1. The Kier molecular flexibility index (Phi) is 5.07. The van der Waals surface area contributed by atoms with Crippen molar-refractivity contribution in [3.8, 4) is 45.0 Å². The van der Waals surface area contributed by atoms with E-state index in [1.54, 1.807) is 0 Å². The molecule has 4 heteroatoms. The Balaban J connectivity index is 1.25. The zero-order valence-electron chi connectivity index (χ0n) is 22.5. The normalized spacial score (nSPS) is 11.8. The van der Waals surface area contributed by atoms with E-state index in [-0.39, 0.29) is 0 Å². The fourth-order valence-electron chi connectivity index (χ4n) is 6.29. The van der Waals surface area contributed by atoms with Gasteiger partial charge in [0.25, 0.3) is 0 Å². The zero-order valence-corrected chi connectivity index (χ0v) is 23.3. The minimum atomic E-state index is 0.722. The number of para-hydroxylation sites is 1. The average Bonchev–Trinajstić information content (AvgIpc) is 3.76. The Hall–Kier alpha value is -5.32. The number of thiophene rings is 1. The highest BCUT2D eigenvalue weighted by molar-refractivity contribution is 7.17. The van der Waals surface area contributed by atoms with Crippen LogP contribution in [0.3, 0.4) is 0 Å². The van der Waals surface area contributed by atoms with Crippen LogP contribution in [0.25, 0.3) is 82.4 Å². The lowest BCUT2D eigenvalue weighted by atomic mass is 9.98. The van der Waals surface area contributed by atoms with Gasteiger partial charge < -0.3 is 0 Å². The van der Waals surface area contributed by atoms with E-state index in [0.29, 0.717) is 0 Å². The molecule has 0 saturated heterocycles. The second-order valence-corrected chi connectivity index (χ2v) is 11.6. The Morgan fingerprint density at radius 1 is 0.452 bits per heavy atom. The first-order valence-corrected chi connectivity index (χ1v) is 15.0. The lowest BCUT2D eigenvalue weighted by molar-refractivity contribution is 1.18. The van der Waals surface area contributed by atoms with Gasteiger partial charge in [-0.25, -0.2) is 9.97 Å². The van der Waals surface area contributed by atoms with E-state index in [0.717, 1.165) is 39.5 Å². The number of hydrogen-bond donors (Lipinski definition) is 0. The number of benzene rings is 5.